The molecule has 3 nitrogen and oxygen atoms in total. The highest BCUT2D eigenvalue weighted by Gasteiger charge is 2.14. The zero-order valence-corrected chi connectivity index (χ0v) is 23.7. The third-order valence-corrected chi connectivity index (χ3v) is 8.00. The summed E-state index contributed by atoms with van der Waals surface area (Å²) in [5.74, 6) is 0. The molecule has 0 unspecified atom stereocenters. The molecule has 7 rings (SSSR count). The zero-order chi connectivity index (χ0) is 28.5. The maximum Gasteiger partial charge on any atom is 0.0723 e. The predicted octanol–water partition coefficient (Wildman–Crippen LogP) is 9.91. The van der Waals surface area contributed by atoms with Crippen LogP contribution in [-0.2, 0) is 0 Å². The van der Waals surface area contributed by atoms with Crippen molar-refractivity contribution in [2.75, 3.05) is 0 Å². The summed E-state index contributed by atoms with van der Waals surface area (Å²) >= 11 is 4.72. The number of hydrogen-bond acceptors (Lipinski definition) is 3. The van der Waals surface area contributed by atoms with Gasteiger partial charge in [-0.2, -0.15) is 0 Å². The number of nitrogens with zero attached hydrogens (tertiary/aromatic N) is 2. The maximum atomic E-state index is 8.79. The smallest absolute Gasteiger partial charge is 0.0723 e. The van der Waals surface area contributed by atoms with Gasteiger partial charge in [-0.05, 0) is 53.1 Å². The minimum Gasteiger partial charge on any atom is -0.309 e. The van der Waals surface area contributed by atoms with E-state index in [9.17, 15) is 0 Å². The Morgan fingerprint density at radius 3 is 2.26 bits per heavy atom. The number of nitrogens with one attached hydrogen (secondary N) is 1. The van der Waals surface area contributed by atoms with Gasteiger partial charge < -0.3 is 4.57 Å². The first-order chi connectivity index (χ1) is 20.7. The number of para-hydroxylation sites is 2. The summed E-state index contributed by atoms with van der Waals surface area (Å²) in [4.78, 5) is 5.81. The van der Waals surface area contributed by atoms with Gasteiger partial charge >= 0.3 is 0 Å². The van der Waals surface area contributed by atoms with E-state index in [4.69, 9.17) is 23.0 Å². The quantitative estimate of drug-likeness (QED) is 0.151. The Balaban J connectivity index is 1.32. The number of aliphatic imine (C=N–C) groups is 1. The second kappa shape index (κ2) is 11.0. The van der Waals surface area contributed by atoms with Crippen molar-refractivity contribution in [1.82, 2.24) is 4.57 Å². The molecular formula is C38H27N3S. The largest absolute Gasteiger partial charge is 0.309 e. The van der Waals surface area contributed by atoms with Crippen LogP contribution in [-0.4, -0.2) is 16.5 Å². The highest BCUT2D eigenvalue weighted by atomic mass is 32.1. The number of thiol groups is 1. The number of rotatable bonds is 6. The third-order valence-electron chi connectivity index (χ3n) is 7.61. The van der Waals surface area contributed by atoms with Gasteiger partial charge in [-0.1, -0.05) is 109 Å². The summed E-state index contributed by atoms with van der Waals surface area (Å²) in [6.07, 6.45) is 1.89. The van der Waals surface area contributed by atoms with Crippen LogP contribution in [0.15, 0.2) is 155 Å². The molecule has 0 aliphatic heterocycles. The fourth-order valence-electron chi connectivity index (χ4n) is 5.58. The first-order valence-corrected chi connectivity index (χ1v) is 14.3. The molecule has 0 aliphatic carbocycles. The van der Waals surface area contributed by atoms with E-state index in [1.54, 1.807) is 0 Å². The Bertz CT molecular complexity index is 2120. The summed E-state index contributed by atoms with van der Waals surface area (Å²) in [5.41, 5.74) is 9.48. The van der Waals surface area contributed by atoms with Gasteiger partial charge in [-0.25, -0.2) is 0 Å². The Morgan fingerprint density at radius 2 is 1.38 bits per heavy atom. The van der Waals surface area contributed by atoms with Gasteiger partial charge in [0.05, 0.1) is 22.4 Å². The lowest BCUT2D eigenvalue weighted by Gasteiger charge is -2.11. The molecule has 1 aromatic heterocycles. The van der Waals surface area contributed by atoms with E-state index in [0.29, 0.717) is 5.71 Å². The van der Waals surface area contributed by atoms with Crippen molar-refractivity contribution in [2.45, 2.75) is 4.90 Å². The zero-order valence-electron chi connectivity index (χ0n) is 22.8. The number of benzene rings is 6. The summed E-state index contributed by atoms with van der Waals surface area (Å²) in [7, 11) is 0. The molecule has 0 saturated heterocycles. The number of hydrogen-bond donors (Lipinski definition) is 2. The van der Waals surface area contributed by atoms with E-state index < -0.39 is 0 Å². The second-order valence-corrected chi connectivity index (χ2v) is 10.7. The summed E-state index contributed by atoms with van der Waals surface area (Å²) < 4.78 is 2.33. The lowest BCUT2D eigenvalue weighted by Crippen LogP contribution is -2.01. The van der Waals surface area contributed by atoms with Crippen LogP contribution in [0.2, 0.25) is 0 Å². The van der Waals surface area contributed by atoms with Crippen LogP contribution in [0.5, 0.6) is 0 Å². The molecule has 0 saturated carbocycles. The lowest BCUT2D eigenvalue weighted by molar-refractivity contribution is 1.18. The molecule has 4 heteroatoms. The van der Waals surface area contributed by atoms with Crippen molar-refractivity contribution in [2.24, 2.45) is 4.99 Å². The Labute approximate surface area is 250 Å². The van der Waals surface area contributed by atoms with Crippen LogP contribution in [0.4, 0.5) is 5.69 Å². The van der Waals surface area contributed by atoms with Gasteiger partial charge in [0, 0.05) is 38.7 Å². The van der Waals surface area contributed by atoms with E-state index in [1.807, 2.05) is 72.9 Å². The van der Waals surface area contributed by atoms with Gasteiger partial charge in [0.15, 0.2) is 0 Å². The maximum absolute atomic E-state index is 8.79. The Hall–Kier alpha value is -5.19. The van der Waals surface area contributed by atoms with Crippen molar-refractivity contribution in [3.8, 4) is 16.8 Å². The van der Waals surface area contributed by atoms with Crippen LogP contribution in [0, 0.1) is 5.41 Å². The molecule has 42 heavy (non-hydrogen) atoms. The van der Waals surface area contributed by atoms with Gasteiger partial charge in [-0.3, -0.25) is 10.4 Å². The number of aromatic nitrogens is 1. The highest BCUT2D eigenvalue weighted by molar-refractivity contribution is 7.80. The minimum atomic E-state index is 0.459. The van der Waals surface area contributed by atoms with Gasteiger partial charge in [0.1, 0.15) is 0 Å². The predicted molar refractivity (Wildman–Crippen MR) is 180 cm³/mol. The van der Waals surface area contributed by atoms with Crippen molar-refractivity contribution in [1.29, 1.82) is 5.41 Å². The molecule has 200 valence electrons. The Kier molecular flexibility index (Phi) is 6.75. The average Bonchev–Trinajstić information content (AvgIpc) is 3.38. The van der Waals surface area contributed by atoms with E-state index in [-0.39, 0.29) is 0 Å². The van der Waals surface area contributed by atoms with Crippen LogP contribution >= 0.6 is 12.6 Å². The van der Waals surface area contributed by atoms with E-state index >= 15 is 0 Å². The minimum absolute atomic E-state index is 0.459. The highest BCUT2D eigenvalue weighted by Crippen LogP contribution is 2.36. The number of fused-ring (bicyclic) bond motifs is 3. The van der Waals surface area contributed by atoms with Gasteiger partial charge in [0.25, 0.3) is 0 Å². The fourth-order valence-corrected chi connectivity index (χ4v) is 5.87. The lowest BCUT2D eigenvalue weighted by atomic mass is 10.0. The SMILES string of the molecule is N=C(c1ccccc1)c1ccccc1N=Cc1cccc(-n2c3ccccc3c3ccc(-c4ccccc4S)cc32)c1. The molecule has 7 aromatic rings. The third kappa shape index (κ3) is 4.72. The molecule has 6 aromatic carbocycles. The summed E-state index contributed by atoms with van der Waals surface area (Å²) in [5, 5.41) is 11.2. The van der Waals surface area contributed by atoms with Crippen LogP contribution in [0.3, 0.4) is 0 Å². The molecule has 0 atom stereocenters. The molecule has 0 fully saturated rings. The average molecular weight is 558 g/mol. The van der Waals surface area contributed by atoms with Crippen LogP contribution in [0.1, 0.15) is 16.7 Å². The van der Waals surface area contributed by atoms with E-state index in [0.717, 1.165) is 55.1 Å². The molecule has 0 spiro atoms. The van der Waals surface area contributed by atoms with Gasteiger partial charge in [-0.15, -0.1) is 12.6 Å². The Morgan fingerprint density at radius 1 is 0.643 bits per heavy atom. The second-order valence-electron chi connectivity index (χ2n) is 10.2. The van der Waals surface area contributed by atoms with Crippen LogP contribution in [0.25, 0.3) is 38.6 Å². The molecule has 1 N–H and O–H groups in total. The standard InChI is InChI=1S/C38H27N3S/c39-38(27-12-2-1-3-13-27)33-17-4-7-18-34(33)40-25-26-11-10-14-29(23-26)41-35-19-8-5-16-31(35)32-22-21-28(24-36(32)41)30-15-6-9-20-37(30)42/h1-25,39,42H. The first-order valence-electron chi connectivity index (χ1n) is 13.9. The van der Waals surface area contributed by atoms with Crippen molar-refractivity contribution < 1.29 is 0 Å². The monoisotopic (exact) mass is 557 g/mol. The van der Waals surface area contributed by atoms with E-state index in [1.165, 1.54) is 10.8 Å². The first kappa shape index (κ1) is 25.8. The summed E-state index contributed by atoms with van der Waals surface area (Å²) in [6.45, 7) is 0. The summed E-state index contributed by atoms with van der Waals surface area (Å²) in [6, 6.07) is 49.5. The normalized spacial score (nSPS) is 11.5. The molecule has 1 heterocycles. The van der Waals surface area contributed by atoms with Crippen molar-refractivity contribution in [3.63, 3.8) is 0 Å². The molecular weight excluding hydrogens is 531 g/mol. The van der Waals surface area contributed by atoms with Crippen LogP contribution < -0.4 is 0 Å². The fraction of sp³-hybridized carbons (Fsp3) is 0. The molecule has 0 aliphatic rings. The van der Waals surface area contributed by atoms with Gasteiger partial charge in [0.2, 0.25) is 0 Å². The topological polar surface area (TPSA) is 41.1 Å². The van der Waals surface area contributed by atoms with Crippen molar-refractivity contribution in [3.05, 3.63) is 162 Å². The molecule has 0 bridgehead atoms. The molecule has 0 amide bonds. The van der Waals surface area contributed by atoms with E-state index in [2.05, 4.69) is 83.4 Å². The molecule has 0 radical (unpaired) electrons. The van der Waals surface area contributed by atoms with Crippen molar-refractivity contribution >= 4 is 52.0 Å².